The van der Waals surface area contributed by atoms with Gasteiger partial charge in [-0.05, 0) is 39.5 Å². The summed E-state index contributed by atoms with van der Waals surface area (Å²) >= 11 is 0. The van der Waals surface area contributed by atoms with Crippen LogP contribution in [0, 0.1) is 6.92 Å². The lowest BCUT2D eigenvalue weighted by molar-refractivity contribution is 0.269. The van der Waals surface area contributed by atoms with Gasteiger partial charge in [-0.25, -0.2) is 9.97 Å². The fraction of sp³-hybridized carbons (Fsp3) is 0.692. The second kappa shape index (κ2) is 4.90. The molecule has 1 fully saturated rings. The molecule has 1 saturated carbocycles. The summed E-state index contributed by atoms with van der Waals surface area (Å²) in [5.74, 6) is 2.68. The van der Waals surface area contributed by atoms with Crippen molar-refractivity contribution in [2.45, 2.75) is 52.0 Å². The van der Waals surface area contributed by atoms with Gasteiger partial charge in [0.05, 0.1) is 0 Å². The molecule has 1 aromatic rings. The zero-order valence-corrected chi connectivity index (χ0v) is 11.0. The first-order chi connectivity index (χ1) is 8.17. The summed E-state index contributed by atoms with van der Waals surface area (Å²) in [5.41, 5.74) is 0.282. The predicted molar refractivity (Wildman–Crippen MR) is 71.4 cm³/mol. The average Bonchev–Trinajstić information content (AvgIpc) is 2.23. The van der Waals surface area contributed by atoms with Crippen LogP contribution >= 0.6 is 0 Å². The Bertz CT molecular complexity index is 379. The first kappa shape index (κ1) is 12.1. The van der Waals surface area contributed by atoms with Gasteiger partial charge in [-0.1, -0.05) is 6.92 Å². The van der Waals surface area contributed by atoms with Crippen molar-refractivity contribution in [2.24, 2.45) is 0 Å². The van der Waals surface area contributed by atoms with Gasteiger partial charge >= 0.3 is 0 Å². The molecule has 1 heterocycles. The van der Waals surface area contributed by atoms with Crippen LogP contribution in [0.15, 0.2) is 6.07 Å². The summed E-state index contributed by atoms with van der Waals surface area (Å²) < 4.78 is 0. The van der Waals surface area contributed by atoms with E-state index in [1.54, 1.807) is 0 Å². The monoisotopic (exact) mass is 234 g/mol. The minimum Gasteiger partial charge on any atom is -0.370 e. The SMILES string of the molecule is CCNc1cc(NC2(CC)CCC2)nc(C)n1. The van der Waals surface area contributed by atoms with Gasteiger partial charge in [0, 0.05) is 18.2 Å². The molecule has 1 aliphatic carbocycles. The van der Waals surface area contributed by atoms with Crippen molar-refractivity contribution in [3.63, 3.8) is 0 Å². The van der Waals surface area contributed by atoms with E-state index < -0.39 is 0 Å². The quantitative estimate of drug-likeness (QED) is 0.822. The number of nitrogens with zero attached hydrogens (tertiary/aromatic N) is 2. The van der Waals surface area contributed by atoms with Crippen LogP contribution in [0.25, 0.3) is 0 Å². The van der Waals surface area contributed by atoms with Crippen LogP contribution < -0.4 is 10.6 Å². The molecule has 2 rings (SSSR count). The first-order valence-electron chi connectivity index (χ1n) is 6.55. The standard InChI is InChI=1S/C13H22N4/c1-4-13(7-6-8-13)17-12-9-11(14-5-2)15-10(3)16-12/h9H,4-8H2,1-3H3,(H2,14,15,16,17). The topological polar surface area (TPSA) is 49.8 Å². The van der Waals surface area contributed by atoms with Crippen molar-refractivity contribution in [1.82, 2.24) is 9.97 Å². The van der Waals surface area contributed by atoms with E-state index in [1.807, 2.05) is 13.0 Å². The second-order valence-corrected chi connectivity index (χ2v) is 4.83. The van der Waals surface area contributed by atoms with Gasteiger partial charge in [0.25, 0.3) is 0 Å². The van der Waals surface area contributed by atoms with Gasteiger partial charge in [0.15, 0.2) is 0 Å². The first-order valence-corrected chi connectivity index (χ1v) is 6.55. The number of nitrogens with one attached hydrogen (secondary N) is 2. The molecule has 0 amide bonds. The summed E-state index contributed by atoms with van der Waals surface area (Å²) in [5, 5.41) is 6.83. The maximum atomic E-state index is 4.47. The van der Waals surface area contributed by atoms with Crippen molar-refractivity contribution in [3.8, 4) is 0 Å². The highest BCUT2D eigenvalue weighted by molar-refractivity contribution is 5.49. The molecule has 0 spiro atoms. The molecule has 2 N–H and O–H groups in total. The summed E-state index contributed by atoms with van der Waals surface area (Å²) in [7, 11) is 0. The van der Waals surface area contributed by atoms with Gasteiger partial charge in [-0.15, -0.1) is 0 Å². The fourth-order valence-corrected chi connectivity index (χ4v) is 2.35. The molecule has 0 atom stereocenters. The van der Waals surface area contributed by atoms with Crippen LogP contribution in [-0.4, -0.2) is 22.1 Å². The highest BCUT2D eigenvalue weighted by Crippen LogP contribution is 2.37. The molecule has 0 aliphatic heterocycles. The van der Waals surface area contributed by atoms with E-state index in [1.165, 1.54) is 19.3 Å². The molecular formula is C13H22N4. The van der Waals surface area contributed by atoms with Crippen molar-refractivity contribution in [2.75, 3.05) is 17.2 Å². The van der Waals surface area contributed by atoms with Crippen LogP contribution in [-0.2, 0) is 0 Å². The minimum absolute atomic E-state index is 0.282. The van der Waals surface area contributed by atoms with Gasteiger partial charge in [-0.2, -0.15) is 0 Å². The third kappa shape index (κ3) is 2.68. The smallest absolute Gasteiger partial charge is 0.132 e. The average molecular weight is 234 g/mol. The van der Waals surface area contributed by atoms with Crippen molar-refractivity contribution >= 4 is 11.6 Å². The third-order valence-electron chi connectivity index (χ3n) is 3.58. The fourth-order valence-electron chi connectivity index (χ4n) is 2.35. The van der Waals surface area contributed by atoms with E-state index in [0.29, 0.717) is 0 Å². The number of hydrogen-bond acceptors (Lipinski definition) is 4. The largest absolute Gasteiger partial charge is 0.370 e. The summed E-state index contributed by atoms with van der Waals surface area (Å²) in [6.45, 7) is 7.13. The van der Waals surface area contributed by atoms with Crippen LogP contribution in [0.3, 0.4) is 0 Å². The lowest BCUT2D eigenvalue weighted by Crippen LogP contribution is -2.44. The van der Waals surface area contributed by atoms with Crippen molar-refractivity contribution in [3.05, 3.63) is 11.9 Å². The molecule has 17 heavy (non-hydrogen) atoms. The van der Waals surface area contributed by atoms with Crippen molar-refractivity contribution < 1.29 is 0 Å². The molecule has 1 aliphatic rings. The second-order valence-electron chi connectivity index (χ2n) is 4.83. The Morgan fingerprint density at radius 3 is 2.47 bits per heavy atom. The van der Waals surface area contributed by atoms with E-state index in [9.17, 15) is 0 Å². The van der Waals surface area contributed by atoms with Crippen LogP contribution in [0.2, 0.25) is 0 Å². The van der Waals surface area contributed by atoms with Crippen LogP contribution in [0.1, 0.15) is 45.4 Å². The summed E-state index contributed by atoms with van der Waals surface area (Å²) in [4.78, 5) is 8.83. The van der Waals surface area contributed by atoms with E-state index in [4.69, 9.17) is 0 Å². The molecule has 94 valence electrons. The van der Waals surface area contributed by atoms with E-state index >= 15 is 0 Å². The number of anilines is 2. The van der Waals surface area contributed by atoms with Gasteiger partial charge in [0.2, 0.25) is 0 Å². The number of aromatic nitrogens is 2. The summed E-state index contributed by atoms with van der Waals surface area (Å²) in [6, 6.07) is 2.01. The zero-order valence-electron chi connectivity index (χ0n) is 11.0. The maximum absolute atomic E-state index is 4.47. The Morgan fingerprint density at radius 2 is 1.94 bits per heavy atom. The highest BCUT2D eigenvalue weighted by atomic mass is 15.1. The van der Waals surface area contributed by atoms with Crippen molar-refractivity contribution in [1.29, 1.82) is 0 Å². The van der Waals surface area contributed by atoms with E-state index in [-0.39, 0.29) is 5.54 Å². The Kier molecular flexibility index (Phi) is 3.50. The van der Waals surface area contributed by atoms with Gasteiger partial charge in [-0.3, -0.25) is 0 Å². The lowest BCUT2D eigenvalue weighted by atomic mass is 9.75. The van der Waals surface area contributed by atoms with E-state index in [0.717, 1.165) is 30.4 Å². The Morgan fingerprint density at radius 1 is 1.24 bits per heavy atom. The summed E-state index contributed by atoms with van der Waals surface area (Å²) in [6.07, 6.45) is 4.99. The number of hydrogen-bond donors (Lipinski definition) is 2. The Labute approximate surface area is 103 Å². The molecule has 4 heteroatoms. The molecule has 0 saturated heterocycles. The molecule has 4 nitrogen and oxygen atoms in total. The number of rotatable bonds is 5. The van der Waals surface area contributed by atoms with Crippen LogP contribution in [0.4, 0.5) is 11.6 Å². The Balaban J connectivity index is 2.14. The molecule has 1 aromatic heterocycles. The lowest BCUT2D eigenvalue weighted by Gasteiger charge is -2.42. The minimum atomic E-state index is 0.282. The molecular weight excluding hydrogens is 212 g/mol. The molecule has 0 unspecified atom stereocenters. The highest BCUT2D eigenvalue weighted by Gasteiger charge is 2.35. The molecule has 0 bridgehead atoms. The van der Waals surface area contributed by atoms with Gasteiger partial charge < -0.3 is 10.6 Å². The molecule has 0 aromatic carbocycles. The predicted octanol–water partition coefficient (Wildman–Crippen LogP) is 2.96. The molecule has 0 radical (unpaired) electrons. The van der Waals surface area contributed by atoms with Crippen LogP contribution in [0.5, 0.6) is 0 Å². The normalized spacial score (nSPS) is 17.4. The number of aryl methyl sites for hydroxylation is 1. The van der Waals surface area contributed by atoms with E-state index in [2.05, 4.69) is 34.4 Å². The van der Waals surface area contributed by atoms with Gasteiger partial charge in [0.1, 0.15) is 17.5 Å². The maximum Gasteiger partial charge on any atom is 0.132 e. The Hall–Kier alpha value is -1.32. The third-order valence-corrected chi connectivity index (χ3v) is 3.58. The zero-order chi connectivity index (χ0) is 12.3.